The lowest BCUT2D eigenvalue weighted by Crippen LogP contribution is -2.53. The molecule has 2 aromatic carbocycles. The number of para-hydroxylation sites is 2. The van der Waals surface area contributed by atoms with Gasteiger partial charge in [0.15, 0.2) is 0 Å². The van der Waals surface area contributed by atoms with Gasteiger partial charge in [-0.3, -0.25) is 14.5 Å². The van der Waals surface area contributed by atoms with Crippen LogP contribution >= 0.6 is 11.8 Å². The molecule has 2 aliphatic carbocycles. The molecule has 0 saturated carbocycles. The van der Waals surface area contributed by atoms with Crippen molar-refractivity contribution in [3.63, 3.8) is 0 Å². The number of nitrogens with zero attached hydrogens (tertiary/aromatic N) is 1. The highest BCUT2D eigenvalue weighted by atomic mass is 32.2. The number of H-pyrrole nitrogens is 2. The van der Waals surface area contributed by atoms with Gasteiger partial charge in [0.05, 0.1) is 26.1 Å². The molecule has 8 atom stereocenters. The van der Waals surface area contributed by atoms with Crippen molar-refractivity contribution in [3.8, 4) is 0 Å². The van der Waals surface area contributed by atoms with Crippen molar-refractivity contribution >= 4 is 45.5 Å². The predicted molar refractivity (Wildman–Crippen MR) is 200 cm³/mol. The molecule has 3 N–H and O–H groups in total. The lowest BCUT2D eigenvalue weighted by atomic mass is 9.70. The quantitative estimate of drug-likeness (QED) is 0.156. The number of fused-ring (bicyclic) bond motifs is 10. The molecule has 8 nitrogen and oxygen atoms in total. The minimum absolute atomic E-state index is 0.0176. The van der Waals surface area contributed by atoms with Gasteiger partial charge in [-0.05, 0) is 81.7 Å². The molecule has 0 amide bonds. The number of esters is 2. The van der Waals surface area contributed by atoms with E-state index in [1.54, 1.807) is 0 Å². The third-order valence-electron chi connectivity index (χ3n) is 12.4. The van der Waals surface area contributed by atoms with E-state index >= 15 is 0 Å². The van der Waals surface area contributed by atoms with Gasteiger partial charge in [-0.1, -0.05) is 59.7 Å². The molecular weight excluding hydrogens is 645 g/mol. The van der Waals surface area contributed by atoms with Gasteiger partial charge in [-0.2, -0.15) is 0 Å². The van der Waals surface area contributed by atoms with Crippen LogP contribution in [0.25, 0.3) is 21.8 Å². The Kier molecular flexibility index (Phi) is 8.94. The minimum atomic E-state index is -0.279. The molecule has 2 aromatic heterocycles. The van der Waals surface area contributed by atoms with E-state index in [9.17, 15) is 9.59 Å². The molecule has 0 radical (unpaired) electrons. The average molecular weight is 693 g/mol. The maximum absolute atomic E-state index is 13.8. The fourth-order valence-corrected chi connectivity index (χ4v) is 11.6. The van der Waals surface area contributed by atoms with E-state index in [2.05, 4.69) is 102 Å². The van der Waals surface area contributed by atoms with Crippen LogP contribution in [0.2, 0.25) is 0 Å². The minimum Gasteiger partial charge on any atom is -0.469 e. The van der Waals surface area contributed by atoms with E-state index in [0.29, 0.717) is 0 Å². The maximum Gasteiger partial charge on any atom is 0.310 e. The normalized spacial score (nSPS) is 31.4. The summed E-state index contributed by atoms with van der Waals surface area (Å²) in [5.74, 6) is -0.704. The first-order chi connectivity index (χ1) is 24.3. The zero-order valence-electron chi connectivity index (χ0n) is 29.6. The van der Waals surface area contributed by atoms with Crippen molar-refractivity contribution < 1.29 is 19.1 Å². The van der Waals surface area contributed by atoms with Crippen LogP contribution in [0, 0.1) is 23.7 Å². The summed E-state index contributed by atoms with van der Waals surface area (Å²) in [4.78, 5) is 37.6. The number of likely N-dealkylation sites (tertiary alicyclic amines) is 1. The van der Waals surface area contributed by atoms with Crippen molar-refractivity contribution in [2.24, 2.45) is 23.7 Å². The number of hydrogen-bond acceptors (Lipinski definition) is 7. The van der Waals surface area contributed by atoms with Crippen LogP contribution in [0.3, 0.4) is 0 Å². The van der Waals surface area contributed by atoms with Crippen LogP contribution in [0.4, 0.5) is 0 Å². The van der Waals surface area contributed by atoms with Crippen molar-refractivity contribution in [3.05, 3.63) is 94.3 Å². The highest BCUT2D eigenvalue weighted by Gasteiger charge is 2.49. The van der Waals surface area contributed by atoms with Gasteiger partial charge in [0.25, 0.3) is 0 Å². The summed E-state index contributed by atoms with van der Waals surface area (Å²) >= 11 is 2.00. The first-order valence-corrected chi connectivity index (χ1v) is 19.0. The molecule has 9 heteroatoms. The summed E-state index contributed by atoms with van der Waals surface area (Å²) in [7, 11) is 5.20. The Bertz CT molecular complexity index is 2010. The SMILES string of the molecule is C/C=C1/CN(C)[C@H]2Cc3c([nH]c4ccccc34)[C@H](S[C@H]3C[C@H]4/C(=C\C)CN[C@@H](Cc5c3[nH]c3ccccc53)C4C(=O)OC)C[C@H]1C2C(=O)OC. The number of piperidine rings is 2. The highest BCUT2D eigenvalue weighted by molar-refractivity contribution is 7.99. The third-order valence-corrected chi connectivity index (χ3v) is 13.9. The van der Waals surface area contributed by atoms with Gasteiger partial charge >= 0.3 is 11.9 Å². The summed E-state index contributed by atoms with van der Waals surface area (Å²) in [6, 6.07) is 17.2. The Morgan fingerprint density at radius 2 is 1.32 bits per heavy atom. The number of hydrogen-bond donors (Lipinski definition) is 3. The van der Waals surface area contributed by atoms with E-state index in [0.717, 1.165) is 49.8 Å². The number of rotatable bonds is 4. The van der Waals surface area contributed by atoms with E-state index in [1.165, 1.54) is 58.7 Å². The lowest BCUT2D eigenvalue weighted by Gasteiger charge is -2.47. The van der Waals surface area contributed by atoms with Crippen LogP contribution in [-0.4, -0.2) is 73.2 Å². The molecule has 8 rings (SSSR count). The van der Waals surface area contributed by atoms with Gasteiger partial charge < -0.3 is 24.8 Å². The molecule has 4 aromatic rings. The number of allylic oxidation sites excluding steroid dienone is 2. The molecule has 50 heavy (non-hydrogen) atoms. The fourth-order valence-electron chi connectivity index (χ4n) is 9.94. The number of carbonyl (C=O) groups is 2. The molecule has 2 fully saturated rings. The number of aromatic nitrogens is 2. The number of ether oxygens (including phenoxy) is 2. The van der Waals surface area contributed by atoms with Gasteiger partial charge in [-0.25, -0.2) is 0 Å². The molecule has 262 valence electrons. The van der Waals surface area contributed by atoms with Gasteiger partial charge in [0, 0.05) is 68.9 Å². The second-order valence-electron chi connectivity index (χ2n) is 14.6. The number of carbonyl (C=O) groups excluding carboxylic acids is 2. The van der Waals surface area contributed by atoms with E-state index < -0.39 is 0 Å². The monoisotopic (exact) mass is 692 g/mol. The predicted octanol–water partition coefficient (Wildman–Crippen LogP) is 7.05. The summed E-state index contributed by atoms with van der Waals surface area (Å²) in [5.41, 5.74) is 9.94. The summed E-state index contributed by atoms with van der Waals surface area (Å²) < 4.78 is 11.1. The first-order valence-electron chi connectivity index (χ1n) is 18.1. The van der Waals surface area contributed by atoms with Crippen LogP contribution in [0.5, 0.6) is 0 Å². The number of benzene rings is 2. The zero-order chi connectivity index (χ0) is 34.7. The Morgan fingerprint density at radius 1 is 0.780 bits per heavy atom. The van der Waals surface area contributed by atoms with Gasteiger partial charge in [0.2, 0.25) is 0 Å². The van der Waals surface area contributed by atoms with Crippen LogP contribution in [0.15, 0.2) is 71.8 Å². The molecule has 2 saturated heterocycles. The average Bonchev–Trinajstić information content (AvgIpc) is 3.68. The van der Waals surface area contributed by atoms with Crippen LogP contribution < -0.4 is 5.32 Å². The molecule has 2 aliphatic heterocycles. The molecule has 4 aliphatic rings. The molecular formula is C41H48N4O4S. The molecule has 2 unspecified atom stereocenters. The Hall–Kier alpha value is -3.79. The molecule has 0 spiro atoms. The molecule has 4 heterocycles. The lowest BCUT2D eigenvalue weighted by molar-refractivity contribution is -0.151. The zero-order valence-corrected chi connectivity index (χ0v) is 30.4. The number of nitrogens with one attached hydrogen (secondary N) is 3. The largest absolute Gasteiger partial charge is 0.469 e. The van der Waals surface area contributed by atoms with E-state index in [1.807, 2.05) is 11.8 Å². The van der Waals surface area contributed by atoms with Crippen molar-refractivity contribution in [2.45, 2.75) is 62.1 Å². The number of aromatic amines is 2. The number of methoxy groups -OCH3 is 2. The molecule has 4 bridgehead atoms. The number of likely N-dealkylation sites (N-methyl/N-ethyl adjacent to an activating group) is 1. The Balaban J connectivity index is 1.31. The second-order valence-corrected chi connectivity index (χ2v) is 16.0. The van der Waals surface area contributed by atoms with E-state index in [-0.39, 0.29) is 58.2 Å². The first kappa shape index (κ1) is 33.4. The second kappa shape index (κ2) is 13.4. The standard InChI is InChI=1S/C41H48N4O4S/c1-6-22-20-42-32-16-28-24-12-8-10-14-30(24)43-38(28)34(18-26(22)36(32)40(46)48-4)50-35-19-27-23(7-2)21-45(3)33(37(27)41(47)49-5)17-29-25-13-9-11-15-31(25)44-39(29)35/h6-15,26-27,32-37,42-44H,16-21H2,1-5H3/b22-6-,23-7-/t26-,27+,32-,33-,34-,35+,36?,37?/m0/s1. The maximum atomic E-state index is 13.8. The van der Waals surface area contributed by atoms with E-state index in [4.69, 9.17) is 9.47 Å². The third kappa shape index (κ3) is 5.44. The summed E-state index contributed by atoms with van der Waals surface area (Å²) in [6.07, 6.45) is 7.56. The summed E-state index contributed by atoms with van der Waals surface area (Å²) in [6.45, 7) is 5.81. The van der Waals surface area contributed by atoms with Gasteiger partial charge in [-0.15, -0.1) is 11.8 Å². The van der Waals surface area contributed by atoms with Crippen molar-refractivity contribution in [1.29, 1.82) is 0 Å². The number of thioether (sulfide) groups is 1. The fraction of sp³-hybridized carbons (Fsp3) is 0.463. The van der Waals surface area contributed by atoms with Gasteiger partial charge in [0.1, 0.15) is 0 Å². The Morgan fingerprint density at radius 3 is 1.90 bits per heavy atom. The van der Waals surface area contributed by atoms with Crippen LogP contribution in [-0.2, 0) is 31.9 Å². The smallest absolute Gasteiger partial charge is 0.310 e. The van der Waals surface area contributed by atoms with Crippen LogP contribution in [0.1, 0.15) is 59.7 Å². The topological polar surface area (TPSA) is 99.5 Å². The highest BCUT2D eigenvalue weighted by Crippen LogP contribution is 2.55. The Labute approximate surface area is 298 Å². The van der Waals surface area contributed by atoms with Crippen molar-refractivity contribution in [1.82, 2.24) is 20.2 Å². The van der Waals surface area contributed by atoms with Crippen molar-refractivity contribution in [2.75, 3.05) is 34.4 Å². The summed E-state index contributed by atoms with van der Waals surface area (Å²) in [5, 5.41) is 6.32.